The summed E-state index contributed by atoms with van der Waals surface area (Å²) in [6, 6.07) is 6.68. The molecular weight excluding hydrogens is 279 g/mol. The Balaban J connectivity index is 2.32. The lowest BCUT2D eigenvalue weighted by molar-refractivity contribution is -0.384. The van der Waals surface area contributed by atoms with Gasteiger partial charge >= 0.3 is 5.69 Å². The molecule has 21 heavy (non-hydrogen) atoms. The molecule has 0 aliphatic carbocycles. The minimum Gasteiger partial charge on any atom is -0.491 e. The van der Waals surface area contributed by atoms with E-state index in [2.05, 4.69) is 10.3 Å². The van der Waals surface area contributed by atoms with Gasteiger partial charge in [-0.15, -0.1) is 0 Å². The average molecular weight is 292 g/mol. The fraction of sp³-hybridized carbons (Fsp3) is 0.154. The molecule has 1 aromatic carbocycles. The van der Waals surface area contributed by atoms with Crippen molar-refractivity contribution in [1.82, 2.24) is 4.98 Å². The number of ether oxygens (including phenoxy) is 1. The maximum absolute atomic E-state index is 13.7. The molecule has 3 N–H and O–H groups in total. The number of anilines is 3. The zero-order valence-corrected chi connectivity index (χ0v) is 11.2. The highest BCUT2D eigenvalue weighted by atomic mass is 19.1. The lowest BCUT2D eigenvalue weighted by Crippen LogP contribution is -2.02. The number of hydrogen-bond donors (Lipinski definition) is 2. The summed E-state index contributed by atoms with van der Waals surface area (Å²) in [7, 11) is 0. The third kappa shape index (κ3) is 3.35. The average Bonchev–Trinajstić information content (AvgIpc) is 2.42. The Labute approximate surface area is 119 Å². The zero-order valence-electron chi connectivity index (χ0n) is 11.2. The number of hydrogen-bond acceptors (Lipinski definition) is 6. The number of nitrogen functional groups attached to an aromatic ring is 1. The van der Waals surface area contributed by atoms with E-state index in [-0.39, 0.29) is 23.1 Å². The molecule has 0 fully saturated rings. The van der Waals surface area contributed by atoms with E-state index in [9.17, 15) is 14.5 Å². The van der Waals surface area contributed by atoms with E-state index >= 15 is 0 Å². The van der Waals surface area contributed by atoms with Gasteiger partial charge in [0.15, 0.2) is 11.6 Å². The summed E-state index contributed by atoms with van der Waals surface area (Å²) in [5, 5.41) is 13.6. The van der Waals surface area contributed by atoms with Crippen LogP contribution < -0.4 is 15.8 Å². The van der Waals surface area contributed by atoms with E-state index in [0.717, 1.165) is 0 Å². The second-order valence-electron chi connectivity index (χ2n) is 4.06. The van der Waals surface area contributed by atoms with Crippen molar-refractivity contribution in [3.63, 3.8) is 0 Å². The van der Waals surface area contributed by atoms with Crippen LogP contribution in [0.25, 0.3) is 0 Å². The Bertz CT molecular complexity index is 678. The molecule has 0 amide bonds. The number of rotatable bonds is 5. The number of pyridine rings is 1. The van der Waals surface area contributed by atoms with Gasteiger partial charge in [0.1, 0.15) is 5.82 Å². The van der Waals surface area contributed by atoms with E-state index in [4.69, 9.17) is 10.5 Å². The van der Waals surface area contributed by atoms with Crippen LogP contribution in [0.5, 0.6) is 5.75 Å². The molecule has 0 radical (unpaired) electrons. The number of aromatic nitrogens is 1. The SMILES string of the molecule is CCOc1ccc(Nc2nc(N)ccc2[N+](=O)[O-])cc1F. The number of halogens is 1. The van der Waals surface area contributed by atoms with Crippen LogP contribution >= 0.6 is 0 Å². The van der Waals surface area contributed by atoms with Gasteiger partial charge in [0, 0.05) is 17.8 Å². The van der Waals surface area contributed by atoms with E-state index in [1.165, 1.54) is 30.3 Å². The second-order valence-corrected chi connectivity index (χ2v) is 4.06. The first-order chi connectivity index (χ1) is 10.0. The van der Waals surface area contributed by atoms with Crippen molar-refractivity contribution in [3.05, 3.63) is 46.3 Å². The van der Waals surface area contributed by atoms with Crippen LogP contribution in [0.1, 0.15) is 6.92 Å². The van der Waals surface area contributed by atoms with E-state index < -0.39 is 10.7 Å². The normalized spacial score (nSPS) is 10.2. The second kappa shape index (κ2) is 6.04. The third-order valence-electron chi connectivity index (χ3n) is 2.59. The van der Waals surface area contributed by atoms with E-state index in [0.29, 0.717) is 12.3 Å². The van der Waals surface area contributed by atoms with Gasteiger partial charge in [-0.1, -0.05) is 0 Å². The fourth-order valence-electron chi connectivity index (χ4n) is 1.69. The highest BCUT2D eigenvalue weighted by Gasteiger charge is 2.16. The van der Waals surface area contributed by atoms with Crippen LogP contribution in [0.2, 0.25) is 0 Å². The molecular formula is C13H13FN4O3. The van der Waals surface area contributed by atoms with Crippen LogP contribution in [0.15, 0.2) is 30.3 Å². The summed E-state index contributed by atoms with van der Waals surface area (Å²) < 4.78 is 18.8. The van der Waals surface area contributed by atoms with Crippen LogP contribution in [0.4, 0.5) is 27.4 Å². The number of benzene rings is 1. The lowest BCUT2D eigenvalue weighted by Gasteiger charge is -2.09. The van der Waals surface area contributed by atoms with Crippen molar-refractivity contribution in [3.8, 4) is 5.75 Å². The molecule has 2 rings (SSSR count). The molecule has 1 aromatic heterocycles. The molecule has 0 saturated heterocycles. The molecule has 1 heterocycles. The molecule has 7 nitrogen and oxygen atoms in total. The molecule has 0 aliphatic rings. The summed E-state index contributed by atoms with van der Waals surface area (Å²) in [4.78, 5) is 14.2. The molecule has 8 heteroatoms. The van der Waals surface area contributed by atoms with Gasteiger partial charge in [-0.05, 0) is 25.1 Å². The molecule has 0 spiro atoms. The first kappa shape index (κ1) is 14.5. The maximum Gasteiger partial charge on any atom is 0.311 e. The Morgan fingerprint density at radius 1 is 1.43 bits per heavy atom. The maximum atomic E-state index is 13.7. The Morgan fingerprint density at radius 3 is 2.81 bits per heavy atom. The molecule has 0 atom stereocenters. The summed E-state index contributed by atoms with van der Waals surface area (Å²) in [6.07, 6.45) is 0. The first-order valence-electron chi connectivity index (χ1n) is 6.11. The number of nitrogens with one attached hydrogen (secondary N) is 1. The quantitative estimate of drug-likeness (QED) is 0.648. The minimum absolute atomic E-state index is 0.0523. The molecule has 0 aliphatic heterocycles. The largest absolute Gasteiger partial charge is 0.491 e. The van der Waals surface area contributed by atoms with Crippen molar-refractivity contribution in [1.29, 1.82) is 0 Å². The van der Waals surface area contributed by atoms with Gasteiger partial charge < -0.3 is 15.8 Å². The van der Waals surface area contributed by atoms with Crippen LogP contribution in [-0.4, -0.2) is 16.5 Å². The van der Waals surface area contributed by atoms with Gasteiger partial charge in [0.25, 0.3) is 0 Å². The standard InChI is InChI=1S/C13H13FN4O3/c1-2-21-11-5-3-8(7-9(11)14)16-13-10(18(19)20)4-6-12(15)17-13/h3-7H,2H2,1H3,(H3,15,16,17). The Morgan fingerprint density at radius 2 is 2.19 bits per heavy atom. The van der Waals surface area contributed by atoms with Crippen molar-refractivity contribution >= 4 is 23.0 Å². The fourth-order valence-corrected chi connectivity index (χ4v) is 1.69. The van der Waals surface area contributed by atoms with E-state index in [1.807, 2.05) is 0 Å². The third-order valence-corrected chi connectivity index (χ3v) is 2.59. The molecule has 0 saturated carbocycles. The van der Waals surface area contributed by atoms with Crippen molar-refractivity contribution in [2.24, 2.45) is 0 Å². The summed E-state index contributed by atoms with van der Waals surface area (Å²) >= 11 is 0. The summed E-state index contributed by atoms with van der Waals surface area (Å²) in [5.41, 5.74) is 5.56. The van der Waals surface area contributed by atoms with E-state index in [1.54, 1.807) is 6.92 Å². The van der Waals surface area contributed by atoms with Gasteiger partial charge in [-0.25, -0.2) is 9.37 Å². The topological polar surface area (TPSA) is 103 Å². The minimum atomic E-state index is -0.598. The van der Waals surface area contributed by atoms with Crippen LogP contribution in [0.3, 0.4) is 0 Å². The van der Waals surface area contributed by atoms with Gasteiger partial charge in [0.05, 0.1) is 11.5 Å². The smallest absolute Gasteiger partial charge is 0.311 e. The zero-order chi connectivity index (χ0) is 15.4. The summed E-state index contributed by atoms with van der Waals surface area (Å²) in [6.45, 7) is 2.08. The molecule has 110 valence electrons. The number of nitro groups is 1. The van der Waals surface area contributed by atoms with Crippen molar-refractivity contribution < 1.29 is 14.1 Å². The highest BCUT2D eigenvalue weighted by molar-refractivity contribution is 5.67. The Hall–Kier alpha value is -2.90. The van der Waals surface area contributed by atoms with Gasteiger partial charge in [0.2, 0.25) is 5.82 Å². The number of nitrogens with zero attached hydrogens (tertiary/aromatic N) is 2. The van der Waals surface area contributed by atoms with Crippen LogP contribution in [-0.2, 0) is 0 Å². The molecule has 0 bridgehead atoms. The predicted octanol–water partition coefficient (Wildman–Crippen LogP) is 2.85. The molecule has 0 unspecified atom stereocenters. The van der Waals surface area contributed by atoms with Gasteiger partial charge in [-0.2, -0.15) is 0 Å². The predicted molar refractivity (Wildman–Crippen MR) is 76.2 cm³/mol. The highest BCUT2D eigenvalue weighted by Crippen LogP contribution is 2.28. The molecule has 2 aromatic rings. The van der Waals surface area contributed by atoms with Crippen molar-refractivity contribution in [2.75, 3.05) is 17.7 Å². The van der Waals surface area contributed by atoms with Gasteiger partial charge in [-0.3, -0.25) is 10.1 Å². The number of nitrogens with two attached hydrogens (primary N) is 1. The monoisotopic (exact) mass is 292 g/mol. The van der Waals surface area contributed by atoms with Crippen molar-refractivity contribution in [2.45, 2.75) is 6.92 Å². The lowest BCUT2D eigenvalue weighted by atomic mass is 10.2. The first-order valence-corrected chi connectivity index (χ1v) is 6.11. The Kier molecular flexibility index (Phi) is 4.17. The summed E-state index contributed by atoms with van der Waals surface area (Å²) in [5.74, 6) is -0.399. The van der Waals surface area contributed by atoms with Crippen LogP contribution in [0, 0.1) is 15.9 Å².